The molecule has 2 fully saturated rings. The molecule has 30 heavy (non-hydrogen) atoms. The highest BCUT2D eigenvalue weighted by Gasteiger charge is 2.50. The zero-order chi connectivity index (χ0) is 20.7. The quantitative estimate of drug-likeness (QED) is 0.725. The topological polar surface area (TPSA) is 86.6 Å². The van der Waals surface area contributed by atoms with Gasteiger partial charge in [0.2, 0.25) is 0 Å². The van der Waals surface area contributed by atoms with Crippen molar-refractivity contribution in [1.82, 2.24) is 19.8 Å². The number of hydrogen-bond donors (Lipinski definition) is 1. The summed E-state index contributed by atoms with van der Waals surface area (Å²) in [5.41, 5.74) is 0.798. The Balaban J connectivity index is 1.26. The summed E-state index contributed by atoms with van der Waals surface area (Å²) in [6.07, 6.45) is 4.20. The number of carbonyl (C=O) groups is 2. The summed E-state index contributed by atoms with van der Waals surface area (Å²) in [6.45, 7) is 1.70. The van der Waals surface area contributed by atoms with Crippen LogP contribution in [0.3, 0.4) is 0 Å². The molecule has 0 bridgehead atoms. The summed E-state index contributed by atoms with van der Waals surface area (Å²) in [6, 6.07) is 14.2. The molecular weight excluding hydrogens is 380 g/mol. The molecule has 3 aromatic rings. The fourth-order valence-corrected chi connectivity index (χ4v) is 3.84. The van der Waals surface area contributed by atoms with Crippen molar-refractivity contribution in [2.45, 2.75) is 18.4 Å². The van der Waals surface area contributed by atoms with Gasteiger partial charge in [-0.1, -0.05) is 36.4 Å². The van der Waals surface area contributed by atoms with E-state index in [1.165, 1.54) is 6.20 Å². The van der Waals surface area contributed by atoms with Crippen LogP contribution in [-0.4, -0.2) is 68.5 Å². The molecule has 1 saturated heterocycles. The minimum Gasteiger partial charge on any atom is -0.380 e. The van der Waals surface area contributed by atoms with Crippen LogP contribution in [0.4, 0.5) is 0 Å². The predicted molar refractivity (Wildman–Crippen MR) is 112 cm³/mol. The number of aromatic nitrogens is 2. The van der Waals surface area contributed by atoms with Gasteiger partial charge in [0.25, 0.3) is 11.8 Å². The van der Waals surface area contributed by atoms with Crippen molar-refractivity contribution in [3.63, 3.8) is 0 Å². The number of aliphatic hydroxyl groups is 1. The van der Waals surface area contributed by atoms with E-state index in [1.54, 1.807) is 16.0 Å². The number of carbonyl (C=O) groups excluding carboxylic acids is 2. The highest BCUT2D eigenvalue weighted by atomic mass is 16.3. The van der Waals surface area contributed by atoms with E-state index < -0.39 is 5.60 Å². The van der Waals surface area contributed by atoms with E-state index in [2.05, 4.69) is 28.2 Å². The Morgan fingerprint density at radius 3 is 2.23 bits per heavy atom. The van der Waals surface area contributed by atoms with Gasteiger partial charge in [-0.05, 0) is 29.7 Å². The van der Waals surface area contributed by atoms with Gasteiger partial charge in [0, 0.05) is 31.7 Å². The molecule has 5 rings (SSSR count). The van der Waals surface area contributed by atoms with Gasteiger partial charge >= 0.3 is 0 Å². The minimum absolute atomic E-state index is 0.190. The van der Waals surface area contributed by atoms with Gasteiger partial charge in [0.15, 0.2) is 0 Å². The van der Waals surface area contributed by atoms with E-state index in [-0.39, 0.29) is 11.8 Å². The first-order chi connectivity index (χ1) is 14.5. The Hall–Kier alpha value is -3.32. The van der Waals surface area contributed by atoms with E-state index in [0.29, 0.717) is 50.4 Å². The zero-order valence-electron chi connectivity index (χ0n) is 16.5. The maximum atomic E-state index is 12.8. The van der Waals surface area contributed by atoms with Crippen LogP contribution in [0.5, 0.6) is 0 Å². The molecule has 1 N–H and O–H groups in total. The summed E-state index contributed by atoms with van der Waals surface area (Å²) in [7, 11) is 0. The average Bonchev–Trinajstić information content (AvgIpc) is 3.56. The summed E-state index contributed by atoms with van der Waals surface area (Å²) in [5.74, 6) is -0.404. The fourth-order valence-electron chi connectivity index (χ4n) is 3.84. The van der Waals surface area contributed by atoms with Crippen LogP contribution in [-0.2, 0) is 4.79 Å². The number of benzene rings is 2. The lowest BCUT2D eigenvalue weighted by Gasteiger charge is -2.35. The summed E-state index contributed by atoms with van der Waals surface area (Å²) in [4.78, 5) is 37.1. The molecular formula is C23H22N4O3. The van der Waals surface area contributed by atoms with Gasteiger partial charge in [-0.2, -0.15) is 0 Å². The van der Waals surface area contributed by atoms with Crippen LogP contribution in [0.15, 0.2) is 54.9 Å². The van der Waals surface area contributed by atoms with Crippen molar-refractivity contribution >= 4 is 22.6 Å². The summed E-state index contributed by atoms with van der Waals surface area (Å²) in [5, 5.41) is 12.3. The van der Waals surface area contributed by atoms with Crippen LogP contribution in [0.2, 0.25) is 0 Å². The number of rotatable bonds is 3. The number of piperazine rings is 1. The molecule has 2 heterocycles. The van der Waals surface area contributed by atoms with Crippen LogP contribution in [0.1, 0.15) is 23.3 Å². The summed E-state index contributed by atoms with van der Waals surface area (Å²) < 4.78 is 0. The maximum Gasteiger partial charge on any atom is 0.274 e. The Morgan fingerprint density at radius 1 is 0.867 bits per heavy atom. The van der Waals surface area contributed by atoms with Crippen LogP contribution >= 0.6 is 0 Å². The van der Waals surface area contributed by atoms with Gasteiger partial charge in [0.05, 0.1) is 18.1 Å². The zero-order valence-corrected chi connectivity index (χ0v) is 16.5. The molecule has 7 heteroatoms. The largest absolute Gasteiger partial charge is 0.380 e. The van der Waals surface area contributed by atoms with Crippen LogP contribution in [0, 0.1) is 0 Å². The molecule has 2 aromatic carbocycles. The maximum absolute atomic E-state index is 12.8. The first-order valence-corrected chi connectivity index (χ1v) is 10.2. The fraction of sp³-hybridized carbons (Fsp3) is 0.304. The molecule has 1 aliphatic carbocycles. The number of fused-ring (bicyclic) bond motifs is 1. The van der Waals surface area contributed by atoms with Gasteiger partial charge in [-0.15, -0.1) is 0 Å². The van der Waals surface area contributed by atoms with Crippen molar-refractivity contribution in [1.29, 1.82) is 0 Å². The molecule has 1 aromatic heterocycles. The van der Waals surface area contributed by atoms with Crippen molar-refractivity contribution in [3.05, 3.63) is 60.6 Å². The number of amides is 2. The molecule has 1 aliphatic heterocycles. The number of nitrogens with zero attached hydrogens (tertiary/aromatic N) is 4. The minimum atomic E-state index is -1.16. The molecule has 1 saturated carbocycles. The summed E-state index contributed by atoms with van der Waals surface area (Å²) >= 11 is 0. The molecule has 0 radical (unpaired) electrons. The molecule has 152 valence electrons. The highest BCUT2D eigenvalue weighted by Crippen LogP contribution is 2.37. The molecule has 2 amide bonds. The van der Waals surface area contributed by atoms with Gasteiger partial charge in [0.1, 0.15) is 11.3 Å². The SMILES string of the molecule is O=C(c1cnc(-c2ccc3ccccc3c2)cn1)N1CCN(C(=O)C2(O)CC2)CC1. The van der Waals surface area contributed by atoms with Gasteiger partial charge in [-0.25, -0.2) is 4.98 Å². The number of hydrogen-bond acceptors (Lipinski definition) is 5. The van der Waals surface area contributed by atoms with E-state index >= 15 is 0 Å². The smallest absolute Gasteiger partial charge is 0.274 e. The van der Waals surface area contributed by atoms with E-state index in [0.717, 1.165) is 16.3 Å². The lowest BCUT2D eigenvalue weighted by atomic mass is 10.1. The van der Waals surface area contributed by atoms with Crippen molar-refractivity contribution < 1.29 is 14.7 Å². The van der Waals surface area contributed by atoms with E-state index in [9.17, 15) is 14.7 Å². The molecule has 7 nitrogen and oxygen atoms in total. The third-order valence-corrected chi connectivity index (χ3v) is 5.89. The third kappa shape index (κ3) is 3.41. The molecule has 0 unspecified atom stereocenters. The molecule has 0 spiro atoms. The molecule has 2 aliphatic rings. The Morgan fingerprint density at radius 2 is 1.57 bits per heavy atom. The second-order valence-corrected chi connectivity index (χ2v) is 7.96. The lowest BCUT2D eigenvalue weighted by Crippen LogP contribution is -2.53. The third-order valence-electron chi connectivity index (χ3n) is 5.89. The Labute approximate surface area is 174 Å². The van der Waals surface area contributed by atoms with Crippen LogP contribution < -0.4 is 0 Å². The normalized spacial score (nSPS) is 17.8. The second-order valence-electron chi connectivity index (χ2n) is 7.96. The monoisotopic (exact) mass is 402 g/mol. The van der Waals surface area contributed by atoms with Crippen molar-refractivity contribution in [2.24, 2.45) is 0 Å². The Bertz CT molecular complexity index is 1120. The van der Waals surface area contributed by atoms with E-state index in [4.69, 9.17) is 0 Å². The predicted octanol–water partition coefficient (Wildman–Crippen LogP) is 2.11. The van der Waals surface area contributed by atoms with Crippen molar-refractivity contribution in [2.75, 3.05) is 26.2 Å². The first-order valence-electron chi connectivity index (χ1n) is 10.2. The second kappa shape index (κ2) is 7.18. The average molecular weight is 402 g/mol. The van der Waals surface area contributed by atoms with Gasteiger partial charge in [-0.3, -0.25) is 14.6 Å². The lowest BCUT2D eigenvalue weighted by molar-refractivity contribution is -0.143. The Kier molecular flexibility index (Phi) is 4.47. The molecule has 0 atom stereocenters. The standard InChI is InChI=1S/C23H22N4O3/c28-21(26-9-11-27(12-10-26)22(29)23(30)7-8-23)20-15-24-19(14-25-20)18-6-5-16-3-1-2-4-17(16)13-18/h1-6,13-15,30H,7-12H2. The van der Waals surface area contributed by atoms with Crippen LogP contribution in [0.25, 0.3) is 22.0 Å². The van der Waals surface area contributed by atoms with Crippen molar-refractivity contribution in [3.8, 4) is 11.3 Å². The van der Waals surface area contributed by atoms with Gasteiger partial charge < -0.3 is 14.9 Å². The first kappa shape index (κ1) is 18.7. The highest BCUT2D eigenvalue weighted by molar-refractivity contribution is 5.93. The van der Waals surface area contributed by atoms with E-state index in [1.807, 2.05) is 24.3 Å².